The van der Waals surface area contributed by atoms with E-state index in [1.54, 1.807) is 4.90 Å². The molecule has 2 rings (SSSR count). The molecule has 5 nitrogen and oxygen atoms in total. The second-order valence-corrected chi connectivity index (χ2v) is 6.23. The monoisotopic (exact) mass is 317 g/mol. The highest BCUT2D eigenvalue weighted by molar-refractivity contribution is 5.99. The number of ketones is 1. The predicted molar refractivity (Wildman–Crippen MR) is 86.4 cm³/mol. The Labute approximate surface area is 136 Å². The average molecular weight is 317 g/mol. The molecule has 0 spiro atoms. The van der Waals surface area contributed by atoms with Crippen LogP contribution in [0.1, 0.15) is 47.2 Å². The van der Waals surface area contributed by atoms with Crippen LogP contribution in [0.15, 0.2) is 18.2 Å². The molecule has 0 aromatic heterocycles. The molecular weight excluding hydrogens is 294 g/mol. The Morgan fingerprint density at radius 3 is 2.39 bits per heavy atom. The van der Waals surface area contributed by atoms with Crippen LogP contribution in [0.2, 0.25) is 0 Å². The Balaban J connectivity index is 1.86. The number of aryl methyl sites for hydroxylation is 2. The molecule has 0 bridgehead atoms. The minimum atomic E-state index is -0.790. The van der Waals surface area contributed by atoms with Crippen molar-refractivity contribution < 1.29 is 19.5 Å². The van der Waals surface area contributed by atoms with E-state index in [2.05, 4.69) is 0 Å². The molecule has 1 aromatic carbocycles. The lowest BCUT2D eigenvalue weighted by Gasteiger charge is -2.30. The van der Waals surface area contributed by atoms with E-state index in [-0.39, 0.29) is 30.4 Å². The number of likely N-dealkylation sites (tertiary alicyclic amines) is 1. The van der Waals surface area contributed by atoms with Crippen molar-refractivity contribution in [3.8, 4) is 0 Å². The molecule has 1 aliphatic heterocycles. The van der Waals surface area contributed by atoms with Gasteiger partial charge >= 0.3 is 5.97 Å². The summed E-state index contributed by atoms with van der Waals surface area (Å²) in [7, 11) is 0. The minimum absolute atomic E-state index is 0.0139. The number of hydrogen-bond donors (Lipinski definition) is 1. The highest BCUT2D eigenvalue weighted by Crippen LogP contribution is 2.19. The van der Waals surface area contributed by atoms with Crippen LogP contribution < -0.4 is 0 Å². The number of rotatable bonds is 5. The SMILES string of the molecule is Cc1ccc(C)c(C(=O)CCC(=O)N2CCC(C(=O)O)CC2)c1. The summed E-state index contributed by atoms with van der Waals surface area (Å²) >= 11 is 0. The van der Waals surface area contributed by atoms with Gasteiger partial charge in [0, 0.05) is 31.5 Å². The molecular formula is C18H23NO4. The van der Waals surface area contributed by atoms with Gasteiger partial charge in [-0.05, 0) is 38.3 Å². The quantitative estimate of drug-likeness (QED) is 0.847. The molecule has 124 valence electrons. The summed E-state index contributed by atoms with van der Waals surface area (Å²) in [5.41, 5.74) is 2.64. The first kappa shape index (κ1) is 17.2. The number of carbonyl (C=O) groups is 3. The highest BCUT2D eigenvalue weighted by Gasteiger charge is 2.27. The first-order chi connectivity index (χ1) is 10.9. The van der Waals surface area contributed by atoms with E-state index < -0.39 is 5.97 Å². The summed E-state index contributed by atoms with van der Waals surface area (Å²) in [6.45, 7) is 4.76. The molecule has 0 saturated carbocycles. The zero-order valence-corrected chi connectivity index (χ0v) is 13.7. The van der Waals surface area contributed by atoms with Gasteiger partial charge in [-0.3, -0.25) is 14.4 Å². The van der Waals surface area contributed by atoms with E-state index >= 15 is 0 Å². The third-order valence-electron chi connectivity index (χ3n) is 4.46. The van der Waals surface area contributed by atoms with E-state index in [9.17, 15) is 14.4 Å². The first-order valence-corrected chi connectivity index (χ1v) is 7.99. The Bertz CT molecular complexity index is 615. The van der Waals surface area contributed by atoms with Gasteiger partial charge in [0.1, 0.15) is 0 Å². The summed E-state index contributed by atoms with van der Waals surface area (Å²) in [5.74, 6) is -1.22. The van der Waals surface area contributed by atoms with E-state index in [0.717, 1.165) is 11.1 Å². The summed E-state index contributed by atoms with van der Waals surface area (Å²) in [6, 6.07) is 5.74. The second kappa shape index (κ2) is 7.40. The van der Waals surface area contributed by atoms with Gasteiger partial charge in [-0.25, -0.2) is 0 Å². The number of piperidine rings is 1. The maximum Gasteiger partial charge on any atom is 0.306 e. The van der Waals surface area contributed by atoms with Crippen molar-refractivity contribution in [2.75, 3.05) is 13.1 Å². The van der Waals surface area contributed by atoms with Crippen LogP contribution >= 0.6 is 0 Å². The maximum absolute atomic E-state index is 12.3. The van der Waals surface area contributed by atoms with Crippen molar-refractivity contribution in [1.82, 2.24) is 4.90 Å². The van der Waals surface area contributed by atoms with Gasteiger partial charge < -0.3 is 10.0 Å². The fourth-order valence-corrected chi connectivity index (χ4v) is 2.93. The fourth-order valence-electron chi connectivity index (χ4n) is 2.93. The summed E-state index contributed by atoms with van der Waals surface area (Å²) in [6.07, 6.45) is 1.37. The van der Waals surface area contributed by atoms with Gasteiger partial charge in [0.05, 0.1) is 5.92 Å². The van der Waals surface area contributed by atoms with Gasteiger partial charge in [0.2, 0.25) is 5.91 Å². The number of aliphatic carboxylic acids is 1. The standard InChI is InChI=1S/C18H23NO4/c1-12-3-4-13(2)15(11-12)16(20)5-6-17(21)19-9-7-14(8-10-19)18(22)23/h3-4,11,14H,5-10H2,1-2H3,(H,22,23). The van der Waals surface area contributed by atoms with Gasteiger partial charge in [-0.15, -0.1) is 0 Å². The van der Waals surface area contributed by atoms with Crippen molar-refractivity contribution in [2.45, 2.75) is 39.5 Å². The van der Waals surface area contributed by atoms with E-state index in [1.807, 2.05) is 32.0 Å². The molecule has 1 aliphatic rings. The number of carboxylic acids is 1. The molecule has 5 heteroatoms. The molecule has 1 saturated heterocycles. The number of carbonyl (C=O) groups excluding carboxylic acids is 2. The van der Waals surface area contributed by atoms with Crippen molar-refractivity contribution in [3.05, 3.63) is 34.9 Å². The molecule has 0 atom stereocenters. The van der Waals surface area contributed by atoms with E-state index in [1.165, 1.54) is 0 Å². The number of benzene rings is 1. The Kier molecular flexibility index (Phi) is 5.53. The maximum atomic E-state index is 12.3. The molecule has 0 unspecified atom stereocenters. The lowest BCUT2D eigenvalue weighted by atomic mass is 9.96. The minimum Gasteiger partial charge on any atom is -0.481 e. The van der Waals surface area contributed by atoms with E-state index in [4.69, 9.17) is 5.11 Å². The lowest BCUT2D eigenvalue weighted by molar-refractivity contribution is -0.145. The molecule has 1 N–H and O–H groups in total. The second-order valence-electron chi connectivity index (χ2n) is 6.23. The van der Waals surface area contributed by atoms with E-state index in [0.29, 0.717) is 31.5 Å². The molecule has 1 heterocycles. The van der Waals surface area contributed by atoms with Crippen LogP contribution in [0.4, 0.5) is 0 Å². The van der Waals surface area contributed by atoms with Crippen LogP contribution in [0.25, 0.3) is 0 Å². The number of amides is 1. The third-order valence-corrected chi connectivity index (χ3v) is 4.46. The number of nitrogens with zero attached hydrogens (tertiary/aromatic N) is 1. The third kappa shape index (κ3) is 4.41. The van der Waals surface area contributed by atoms with Crippen molar-refractivity contribution in [2.24, 2.45) is 5.92 Å². The lowest BCUT2D eigenvalue weighted by Crippen LogP contribution is -2.40. The topological polar surface area (TPSA) is 74.7 Å². The average Bonchev–Trinajstić information content (AvgIpc) is 2.54. The normalized spacial score (nSPS) is 15.5. The summed E-state index contributed by atoms with van der Waals surface area (Å²) in [5, 5.41) is 8.97. The van der Waals surface area contributed by atoms with Gasteiger partial charge in [0.25, 0.3) is 0 Å². The van der Waals surface area contributed by atoms with Crippen molar-refractivity contribution in [3.63, 3.8) is 0 Å². The Hall–Kier alpha value is -2.17. The molecule has 0 aliphatic carbocycles. The van der Waals surface area contributed by atoms with Gasteiger partial charge in [-0.2, -0.15) is 0 Å². The Morgan fingerprint density at radius 1 is 1.13 bits per heavy atom. The highest BCUT2D eigenvalue weighted by atomic mass is 16.4. The number of carboxylic acid groups (broad SMARTS) is 1. The van der Waals surface area contributed by atoms with Gasteiger partial charge in [0.15, 0.2) is 5.78 Å². The number of Topliss-reactive ketones (excluding diaryl/α,β-unsaturated/α-hetero) is 1. The first-order valence-electron chi connectivity index (χ1n) is 7.99. The zero-order valence-electron chi connectivity index (χ0n) is 13.7. The zero-order chi connectivity index (χ0) is 17.0. The summed E-state index contributed by atoms with van der Waals surface area (Å²) in [4.78, 5) is 37.1. The largest absolute Gasteiger partial charge is 0.481 e. The fraction of sp³-hybridized carbons (Fsp3) is 0.500. The Morgan fingerprint density at radius 2 is 1.78 bits per heavy atom. The van der Waals surface area contributed by atoms with Gasteiger partial charge in [-0.1, -0.05) is 17.7 Å². The predicted octanol–water partition coefficient (Wildman–Crippen LogP) is 2.59. The molecule has 0 radical (unpaired) electrons. The van der Waals surface area contributed by atoms with Crippen molar-refractivity contribution >= 4 is 17.7 Å². The molecule has 1 aromatic rings. The summed E-state index contributed by atoms with van der Waals surface area (Å²) < 4.78 is 0. The molecule has 1 fully saturated rings. The van der Waals surface area contributed by atoms with Crippen LogP contribution in [-0.2, 0) is 9.59 Å². The van der Waals surface area contributed by atoms with Crippen LogP contribution in [0.3, 0.4) is 0 Å². The molecule has 1 amide bonds. The van der Waals surface area contributed by atoms with Crippen LogP contribution in [-0.4, -0.2) is 40.8 Å². The van der Waals surface area contributed by atoms with Crippen LogP contribution in [0.5, 0.6) is 0 Å². The number of hydrogen-bond acceptors (Lipinski definition) is 3. The molecule has 23 heavy (non-hydrogen) atoms. The smallest absolute Gasteiger partial charge is 0.306 e. The van der Waals surface area contributed by atoms with Crippen molar-refractivity contribution in [1.29, 1.82) is 0 Å². The van der Waals surface area contributed by atoms with Crippen LogP contribution in [0, 0.1) is 19.8 Å².